The van der Waals surface area contributed by atoms with Crippen molar-refractivity contribution >= 4 is 15.9 Å². The maximum atomic E-state index is 12.6. The van der Waals surface area contributed by atoms with Crippen molar-refractivity contribution in [3.05, 3.63) is 54.1 Å². The van der Waals surface area contributed by atoms with Crippen molar-refractivity contribution < 1.29 is 13.2 Å². The Morgan fingerprint density at radius 1 is 1.32 bits per heavy atom. The van der Waals surface area contributed by atoms with Crippen molar-refractivity contribution in [1.82, 2.24) is 19.6 Å². The molecular weight excluding hydrogens is 340 g/mol. The minimum atomic E-state index is -3.74. The van der Waals surface area contributed by atoms with Crippen molar-refractivity contribution in [1.29, 1.82) is 0 Å². The zero-order chi connectivity index (χ0) is 18.4. The molecule has 0 saturated carbocycles. The lowest BCUT2D eigenvalue weighted by molar-refractivity contribution is 0.0802. The zero-order valence-electron chi connectivity index (χ0n) is 14.5. The van der Waals surface area contributed by atoms with E-state index in [4.69, 9.17) is 0 Å². The average molecular weight is 362 g/mol. The molecule has 1 aromatic heterocycles. The smallest absolute Gasteiger partial charge is 0.253 e. The van der Waals surface area contributed by atoms with Crippen molar-refractivity contribution in [2.75, 3.05) is 13.6 Å². The number of sulfonamides is 1. The minimum absolute atomic E-state index is 0.0637. The molecule has 1 atom stereocenters. The molecule has 0 aliphatic carbocycles. The van der Waals surface area contributed by atoms with Gasteiger partial charge in [0, 0.05) is 50.2 Å². The van der Waals surface area contributed by atoms with E-state index >= 15 is 0 Å². The Hall–Kier alpha value is -2.32. The Bertz CT molecular complexity index is 825. The highest BCUT2D eigenvalue weighted by molar-refractivity contribution is 7.89. The number of hydrogen-bond donors (Lipinski definition) is 1. The van der Waals surface area contributed by atoms with Gasteiger partial charge in [0.25, 0.3) is 5.91 Å². The molecular formula is C17H22N4O3S. The van der Waals surface area contributed by atoms with E-state index < -0.39 is 10.0 Å². The number of aromatic nitrogens is 2. The summed E-state index contributed by atoms with van der Waals surface area (Å²) in [6, 6.07) is 5.68. The summed E-state index contributed by atoms with van der Waals surface area (Å²) in [6.07, 6.45) is 5.15. The summed E-state index contributed by atoms with van der Waals surface area (Å²) >= 11 is 0. The number of benzene rings is 1. The molecule has 134 valence electrons. The van der Waals surface area contributed by atoms with Gasteiger partial charge in [0.2, 0.25) is 10.0 Å². The fraction of sp³-hybridized carbons (Fsp3) is 0.353. The van der Waals surface area contributed by atoms with Gasteiger partial charge in [0.05, 0.1) is 10.6 Å². The molecule has 0 radical (unpaired) electrons. The molecule has 0 unspecified atom stereocenters. The molecule has 2 rings (SSSR count). The second-order valence-corrected chi connectivity index (χ2v) is 7.48. The highest BCUT2D eigenvalue weighted by Crippen LogP contribution is 2.14. The Morgan fingerprint density at radius 2 is 2.08 bits per heavy atom. The standard InChI is InChI=1S/C17H22N4O3S/c1-4-21(3)17(22)14-6-5-7-16(11-14)25(23,24)20-13(2)10-15-12-18-8-9-19-15/h5-9,11-13,20H,4,10H2,1-3H3/t13-/m0/s1. The number of nitrogens with one attached hydrogen (secondary N) is 1. The van der Waals surface area contributed by atoms with Crippen LogP contribution in [0.3, 0.4) is 0 Å². The summed E-state index contributed by atoms with van der Waals surface area (Å²) in [5, 5.41) is 0. The lowest BCUT2D eigenvalue weighted by Gasteiger charge is -2.16. The second kappa shape index (κ2) is 8.17. The first-order chi connectivity index (χ1) is 11.8. The van der Waals surface area contributed by atoms with E-state index in [1.807, 2.05) is 6.92 Å². The van der Waals surface area contributed by atoms with Crippen LogP contribution in [0.15, 0.2) is 47.8 Å². The van der Waals surface area contributed by atoms with Gasteiger partial charge in [-0.1, -0.05) is 6.07 Å². The zero-order valence-corrected chi connectivity index (χ0v) is 15.3. The molecule has 8 heteroatoms. The molecule has 0 aliphatic rings. The number of amides is 1. The second-order valence-electron chi connectivity index (χ2n) is 5.77. The lowest BCUT2D eigenvalue weighted by atomic mass is 10.2. The van der Waals surface area contributed by atoms with E-state index in [0.29, 0.717) is 24.2 Å². The topological polar surface area (TPSA) is 92.3 Å². The van der Waals surface area contributed by atoms with E-state index in [2.05, 4.69) is 14.7 Å². The van der Waals surface area contributed by atoms with E-state index in [0.717, 1.165) is 0 Å². The SMILES string of the molecule is CCN(C)C(=O)c1cccc(S(=O)(=O)N[C@@H](C)Cc2cnccn2)c1. The third kappa shape index (κ3) is 5.07. The summed E-state index contributed by atoms with van der Waals surface area (Å²) in [5.74, 6) is -0.216. The first-order valence-electron chi connectivity index (χ1n) is 7.96. The highest BCUT2D eigenvalue weighted by atomic mass is 32.2. The van der Waals surface area contributed by atoms with Crippen LogP contribution < -0.4 is 4.72 Å². The van der Waals surface area contributed by atoms with Crippen molar-refractivity contribution in [3.8, 4) is 0 Å². The molecule has 2 aromatic rings. The fourth-order valence-electron chi connectivity index (χ4n) is 2.28. The van der Waals surface area contributed by atoms with Crippen LogP contribution in [-0.4, -0.2) is 48.8 Å². The minimum Gasteiger partial charge on any atom is -0.342 e. The third-order valence-electron chi connectivity index (χ3n) is 3.70. The van der Waals surface area contributed by atoms with Gasteiger partial charge in [0.15, 0.2) is 0 Å². The van der Waals surface area contributed by atoms with Crippen LogP contribution in [0.5, 0.6) is 0 Å². The summed E-state index contributed by atoms with van der Waals surface area (Å²) in [5.41, 5.74) is 1.04. The van der Waals surface area contributed by atoms with Crippen LogP contribution in [0.2, 0.25) is 0 Å². The van der Waals surface area contributed by atoms with Crippen LogP contribution in [-0.2, 0) is 16.4 Å². The van der Waals surface area contributed by atoms with Gasteiger partial charge in [-0.15, -0.1) is 0 Å². The summed E-state index contributed by atoms with van der Waals surface area (Å²) in [4.78, 5) is 21.9. The van der Waals surface area contributed by atoms with Gasteiger partial charge in [-0.05, 0) is 32.0 Å². The number of nitrogens with zero attached hydrogens (tertiary/aromatic N) is 3. The molecule has 1 N–H and O–H groups in total. The van der Waals surface area contributed by atoms with Gasteiger partial charge in [-0.3, -0.25) is 14.8 Å². The van der Waals surface area contributed by atoms with Crippen molar-refractivity contribution in [2.45, 2.75) is 31.2 Å². The van der Waals surface area contributed by atoms with Gasteiger partial charge in [0.1, 0.15) is 0 Å². The van der Waals surface area contributed by atoms with E-state index in [-0.39, 0.29) is 16.8 Å². The van der Waals surface area contributed by atoms with Gasteiger partial charge >= 0.3 is 0 Å². The normalized spacial score (nSPS) is 12.6. The molecule has 1 heterocycles. The Balaban J connectivity index is 2.15. The predicted molar refractivity (Wildman–Crippen MR) is 94.6 cm³/mol. The summed E-state index contributed by atoms with van der Waals surface area (Å²) < 4.78 is 27.8. The van der Waals surface area contributed by atoms with Crippen LogP contribution in [0.25, 0.3) is 0 Å². The van der Waals surface area contributed by atoms with Gasteiger partial charge in [-0.2, -0.15) is 0 Å². The maximum Gasteiger partial charge on any atom is 0.253 e. The Kier molecular flexibility index (Phi) is 6.22. The molecule has 7 nitrogen and oxygen atoms in total. The predicted octanol–water partition coefficient (Wildman–Crippen LogP) is 1.48. The first-order valence-corrected chi connectivity index (χ1v) is 9.44. The average Bonchev–Trinajstić information content (AvgIpc) is 2.60. The molecule has 0 aliphatic heterocycles. The van der Waals surface area contributed by atoms with E-state index in [1.165, 1.54) is 17.0 Å². The highest BCUT2D eigenvalue weighted by Gasteiger charge is 2.20. The Labute approximate surface area is 148 Å². The van der Waals surface area contributed by atoms with E-state index in [9.17, 15) is 13.2 Å². The number of carbonyl (C=O) groups excluding carboxylic acids is 1. The van der Waals surface area contributed by atoms with Crippen LogP contribution in [0.4, 0.5) is 0 Å². The van der Waals surface area contributed by atoms with Gasteiger partial charge in [-0.25, -0.2) is 13.1 Å². The fourth-order valence-corrected chi connectivity index (χ4v) is 3.57. The first kappa shape index (κ1) is 19.0. The van der Waals surface area contributed by atoms with Crippen molar-refractivity contribution in [2.24, 2.45) is 0 Å². The molecule has 1 amide bonds. The number of rotatable bonds is 7. The largest absolute Gasteiger partial charge is 0.342 e. The molecule has 0 bridgehead atoms. The summed E-state index contributed by atoms with van der Waals surface area (Å²) in [7, 11) is -2.07. The Morgan fingerprint density at radius 3 is 2.72 bits per heavy atom. The quantitative estimate of drug-likeness (QED) is 0.805. The van der Waals surface area contributed by atoms with Crippen LogP contribution in [0, 0.1) is 0 Å². The molecule has 0 spiro atoms. The number of carbonyl (C=O) groups is 1. The van der Waals surface area contributed by atoms with Crippen LogP contribution >= 0.6 is 0 Å². The monoisotopic (exact) mass is 362 g/mol. The molecule has 25 heavy (non-hydrogen) atoms. The third-order valence-corrected chi connectivity index (χ3v) is 5.29. The molecule has 0 fully saturated rings. The van der Waals surface area contributed by atoms with Gasteiger partial charge < -0.3 is 4.90 Å². The lowest BCUT2D eigenvalue weighted by Crippen LogP contribution is -2.34. The summed E-state index contributed by atoms with van der Waals surface area (Å²) in [6.45, 7) is 4.16. The van der Waals surface area contributed by atoms with Crippen molar-refractivity contribution in [3.63, 3.8) is 0 Å². The van der Waals surface area contributed by atoms with Crippen LogP contribution in [0.1, 0.15) is 29.9 Å². The maximum absolute atomic E-state index is 12.6. The molecule has 0 saturated heterocycles. The molecule has 1 aromatic carbocycles. The number of hydrogen-bond acceptors (Lipinski definition) is 5. The van der Waals surface area contributed by atoms with E-state index in [1.54, 1.807) is 44.7 Å².